The third-order valence-electron chi connectivity index (χ3n) is 4.93. The van der Waals surface area contributed by atoms with Crippen LogP contribution in [0.1, 0.15) is 25.7 Å². The molecule has 3 rings (SSSR count). The SMILES string of the molecule is COc1ccc(NC(=O)CN(C)S(=O)(=O)c2ccc(F)cc2)cc1OC1CCCC1. The van der Waals surface area contributed by atoms with Crippen molar-refractivity contribution in [1.82, 2.24) is 4.31 Å². The highest BCUT2D eigenvalue weighted by Crippen LogP contribution is 2.34. The number of nitrogens with one attached hydrogen (secondary N) is 1. The zero-order chi connectivity index (χ0) is 21.7. The van der Waals surface area contributed by atoms with Crippen LogP contribution in [0.3, 0.4) is 0 Å². The van der Waals surface area contributed by atoms with E-state index < -0.39 is 28.3 Å². The molecular weight excluding hydrogens is 411 g/mol. The smallest absolute Gasteiger partial charge is 0.243 e. The predicted octanol–water partition coefficient (Wildman–Crippen LogP) is 3.41. The number of amides is 1. The fraction of sp³-hybridized carbons (Fsp3) is 0.381. The average molecular weight is 437 g/mol. The highest BCUT2D eigenvalue weighted by atomic mass is 32.2. The molecule has 0 radical (unpaired) electrons. The summed E-state index contributed by atoms with van der Waals surface area (Å²) in [5.74, 6) is 0.0510. The van der Waals surface area contributed by atoms with E-state index in [-0.39, 0.29) is 11.0 Å². The first kappa shape index (κ1) is 22.0. The fourth-order valence-electron chi connectivity index (χ4n) is 3.31. The van der Waals surface area contributed by atoms with Crippen molar-refractivity contribution in [3.8, 4) is 11.5 Å². The van der Waals surface area contributed by atoms with Gasteiger partial charge in [0.25, 0.3) is 0 Å². The van der Waals surface area contributed by atoms with Crippen molar-refractivity contribution >= 4 is 21.6 Å². The summed E-state index contributed by atoms with van der Waals surface area (Å²) >= 11 is 0. The van der Waals surface area contributed by atoms with E-state index in [0.717, 1.165) is 54.3 Å². The van der Waals surface area contributed by atoms with Crippen molar-refractivity contribution in [3.63, 3.8) is 0 Å². The Morgan fingerprint density at radius 1 is 1.13 bits per heavy atom. The van der Waals surface area contributed by atoms with Crippen LogP contribution in [0.15, 0.2) is 47.4 Å². The first-order valence-corrected chi connectivity index (χ1v) is 11.1. The number of sulfonamides is 1. The maximum absolute atomic E-state index is 13.1. The van der Waals surface area contributed by atoms with E-state index in [0.29, 0.717) is 17.2 Å². The van der Waals surface area contributed by atoms with Gasteiger partial charge in [0.15, 0.2) is 11.5 Å². The van der Waals surface area contributed by atoms with Crippen LogP contribution in [-0.2, 0) is 14.8 Å². The number of halogens is 1. The largest absolute Gasteiger partial charge is 0.493 e. The highest BCUT2D eigenvalue weighted by molar-refractivity contribution is 7.89. The molecule has 0 aromatic heterocycles. The second-order valence-corrected chi connectivity index (χ2v) is 9.20. The summed E-state index contributed by atoms with van der Waals surface area (Å²) in [6.45, 7) is -0.398. The summed E-state index contributed by atoms with van der Waals surface area (Å²) in [6, 6.07) is 9.47. The molecule has 30 heavy (non-hydrogen) atoms. The lowest BCUT2D eigenvalue weighted by atomic mass is 10.2. The Bertz CT molecular complexity index is 989. The Labute approximate surface area is 175 Å². The van der Waals surface area contributed by atoms with Crippen LogP contribution in [0, 0.1) is 5.82 Å². The predicted molar refractivity (Wildman–Crippen MR) is 111 cm³/mol. The first-order valence-electron chi connectivity index (χ1n) is 9.66. The molecule has 0 bridgehead atoms. The first-order chi connectivity index (χ1) is 14.3. The van der Waals surface area contributed by atoms with Crippen LogP contribution in [0.4, 0.5) is 10.1 Å². The van der Waals surface area contributed by atoms with Gasteiger partial charge in [-0.05, 0) is 62.1 Å². The van der Waals surface area contributed by atoms with Crippen molar-refractivity contribution in [2.24, 2.45) is 0 Å². The van der Waals surface area contributed by atoms with Gasteiger partial charge in [0.2, 0.25) is 15.9 Å². The zero-order valence-electron chi connectivity index (χ0n) is 16.9. The molecule has 1 aliphatic rings. The maximum atomic E-state index is 13.1. The van der Waals surface area contributed by atoms with E-state index in [1.165, 1.54) is 7.05 Å². The Balaban J connectivity index is 1.67. The number of methoxy groups -OCH3 is 1. The number of rotatable bonds is 8. The number of benzene rings is 2. The molecule has 1 N–H and O–H groups in total. The van der Waals surface area contributed by atoms with Gasteiger partial charge in [-0.3, -0.25) is 4.79 Å². The van der Waals surface area contributed by atoms with E-state index in [1.54, 1.807) is 25.3 Å². The molecule has 9 heteroatoms. The van der Waals surface area contributed by atoms with Crippen LogP contribution in [-0.4, -0.2) is 45.4 Å². The van der Waals surface area contributed by atoms with E-state index in [2.05, 4.69) is 5.32 Å². The van der Waals surface area contributed by atoms with Gasteiger partial charge in [-0.25, -0.2) is 12.8 Å². The molecule has 0 saturated heterocycles. The van der Waals surface area contributed by atoms with Crippen LogP contribution >= 0.6 is 0 Å². The van der Waals surface area contributed by atoms with Gasteiger partial charge < -0.3 is 14.8 Å². The average Bonchev–Trinajstić information content (AvgIpc) is 3.21. The van der Waals surface area contributed by atoms with Gasteiger partial charge >= 0.3 is 0 Å². The van der Waals surface area contributed by atoms with E-state index in [1.807, 2.05) is 0 Å². The molecule has 1 aliphatic carbocycles. The molecule has 0 atom stereocenters. The summed E-state index contributed by atoms with van der Waals surface area (Å²) in [6.07, 6.45) is 4.32. The molecule has 162 valence electrons. The number of anilines is 1. The van der Waals surface area contributed by atoms with E-state index >= 15 is 0 Å². The number of nitrogens with zero attached hydrogens (tertiary/aromatic N) is 1. The molecule has 2 aromatic rings. The summed E-state index contributed by atoms with van der Waals surface area (Å²) in [5, 5.41) is 2.68. The summed E-state index contributed by atoms with van der Waals surface area (Å²) < 4.78 is 50.4. The van der Waals surface area contributed by atoms with Gasteiger partial charge in [0.05, 0.1) is 24.7 Å². The summed E-state index contributed by atoms with van der Waals surface area (Å²) in [4.78, 5) is 12.3. The Hall–Kier alpha value is -2.65. The molecule has 1 saturated carbocycles. The van der Waals surface area contributed by atoms with Crippen LogP contribution in [0.2, 0.25) is 0 Å². The third kappa shape index (κ3) is 5.28. The lowest BCUT2D eigenvalue weighted by Crippen LogP contribution is -2.35. The Morgan fingerprint density at radius 2 is 1.80 bits per heavy atom. The monoisotopic (exact) mass is 436 g/mol. The molecular formula is C21H25FN2O5S. The number of carbonyl (C=O) groups excluding carboxylic acids is 1. The number of hydrogen-bond donors (Lipinski definition) is 1. The van der Waals surface area contributed by atoms with Crippen LogP contribution in [0.25, 0.3) is 0 Å². The highest BCUT2D eigenvalue weighted by Gasteiger charge is 2.23. The molecule has 7 nitrogen and oxygen atoms in total. The van der Waals surface area contributed by atoms with Gasteiger partial charge in [-0.2, -0.15) is 4.31 Å². The standard InChI is InChI=1S/C21H25FN2O5S/c1-24(30(26,27)18-10-7-15(22)8-11-18)14-21(25)23-16-9-12-19(28-2)20(13-16)29-17-5-3-4-6-17/h7-13,17H,3-6,14H2,1-2H3,(H,23,25). The van der Waals surface area contributed by atoms with Gasteiger partial charge in [-0.1, -0.05) is 0 Å². The van der Waals surface area contributed by atoms with Crippen molar-refractivity contribution in [3.05, 3.63) is 48.3 Å². The Morgan fingerprint density at radius 3 is 2.43 bits per heavy atom. The Kier molecular flexibility index (Phi) is 6.94. The third-order valence-corrected chi connectivity index (χ3v) is 6.75. The van der Waals surface area contributed by atoms with Gasteiger partial charge in [0.1, 0.15) is 5.82 Å². The number of likely N-dealkylation sites (N-methyl/N-ethyl adjacent to an activating group) is 1. The number of hydrogen-bond acceptors (Lipinski definition) is 5. The number of ether oxygens (including phenoxy) is 2. The fourth-order valence-corrected chi connectivity index (χ4v) is 4.43. The van der Waals surface area contributed by atoms with Gasteiger partial charge in [0, 0.05) is 18.8 Å². The molecule has 2 aromatic carbocycles. The van der Waals surface area contributed by atoms with Crippen molar-refractivity contribution in [2.45, 2.75) is 36.7 Å². The normalized spacial score (nSPS) is 14.7. The lowest BCUT2D eigenvalue weighted by molar-refractivity contribution is -0.116. The van der Waals surface area contributed by atoms with E-state index in [4.69, 9.17) is 9.47 Å². The van der Waals surface area contributed by atoms with Crippen molar-refractivity contribution < 1.29 is 27.1 Å². The number of carbonyl (C=O) groups is 1. The molecule has 1 amide bonds. The second kappa shape index (κ2) is 9.44. The molecule has 0 unspecified atom stereocenters. The van der Waals surface area contributed by atoms with Crippen LogP contribution < -0.4 is 14.8 Å². The quantitative estimate of drug-likeness (QED) is 0.686. The molecule has 1 fully saturated rings. The second-order valence-electron chi connectivity index (χ2n) is 7.15. The topological polar surface area (TPSA) is 84.9 Å². The molecule has 0 aliphatic heterocycles. The van der Waals surface area contributed by atoms with Crippen molar-refractivity contribution in [2.75, 3.05) is 26.0 Å². The summed E-state index contributed by atoms with van der Waals surface area (Å²) in [7, 11) is -1.08. The maximum Gasteiger partial charge on any atom is 0.243 e. The van der Waals surface area contributed by atoms with E-state index in [9.17, 15) is 17.6 Å². The minimum absolute atomic E-state index is 0.0871. The lowest BCUT2D eigenvalue weighted by Gasteiger charge is -2.18. The van der Waals surface area contributed by atoms with Crippen molar-refractivity contribution in [1.29, 1.82) is 0 Å². The molecule has 0 spiro atoms. The zero-order valence-corrected chi connectivity index (χ0v) is 17.7. The summed E-state index contributed by atoms with van der Waals surface area (Å²) in [5.41, 5.74) is 0.473. The minimum atomic E-state index is -3.92. The van der Waals surface area contributed by atoms with Gasteiger partial charge in [-0.15, -0.1) is 0 Å². The minimum Gasteiger partial charge on any atom is -0.493 e. The van der Waals surface area contributed by atoms with Crippen LogP contribution in [0.5, 0.6) is 11.5 Å². The molecule has 0 heterocycles.